The Balaban J connectivity index is 4.43. The van der Waals surface area contributed by atoms with Crippen LogP contribution in [0.15, 0.2) is 16.4 Å². The van der Waals surface area contributed by atoms with Gasteiger partial charge in [0.15, 0.2) is 12.1 Å². The maximum Gasteiger partial charge on any atom is 0.177 e. The van der Waals surface area contributed by atoms with E-state index in [-0.39, 0.29) is 11.4 Å². The molecule has 0 aliphatic heterocycles. The van der Waals surface area contributed by atoms with Crippen molar-refractivity contribution in [1.82, 2.24) is 0 Å². The number of hydrogen-bond donors (Lipinski definition) is 1. The first-order chi connectivity index (χ1) is 5.76. The van der Waals surface area contributed by atoms with Crippen molar-refractivity contribution < 1.29 is 4.74 Å². The van der Waals surface area contributed by atoms with Gasteiger partial charge in [-0.1, -0.05) is 0 Å². The molecule has 0 aromatic carbocycles. The molecule has 2 N–H and O–H groups in total. The second-order valence-corrected chi connectivity index (χ2v) is 1.68. The number of nitriles is 2. The molecule has 5 nitrogen and oxygen atoms in total. The smallest absolute Gasteiger partial charge is 0.177 e. The minimum absolute atomic E-state index is 0.133. The van der Waals surface area contributed by atoms with Gasteiger partial charge in [0.05, 0.1) is 6.61 Å². The number of hydrogen-bond acceptors (Lipinski definition) is 5. The molecule has 5 heteroatoms. The Hall–Kier alpha value is -2.01. The van der Waals surface area contributed by atoms with Gasteiger partial charge < -0.3 is 10.5 Å². The van der Waals surface area contributed by atoms with E-state index in [1.165, 1.54) is 0 Å². The summed E-state index contributed by atoms with van der Waals surface area (Å²) < 4.78 is 4.72. The molecule has 0 heterocycles. The second kappa shape index (κ2) is 5.75. The van der Waals surface area contributed by atoms with Crippen LogP contribution in [0.25, 0.3) is 0 Å². The minimum Gasteiger partial charge on any atom is -0.483 e. The van der Waals surface area contributed by atoms with Crippen LogP contribution in [0.4, 0.5) is 0 Å². The predicted octanol–water partition coefficient (Wildman–Crippen LogP) is 0.269. The van der Waals surface area contributed by atoms with Crippen molar-refractivity contribution in [3.8, 4) is 12.1 Å². The third kappa shape index (κ3) is 3.23. The van der Waals surface area contributed by atoms with E-state index in [2.05, 4.69) is 4.99 Å². The summed E-state index contributed by atoms with van der Waals surface area (Å²) in [6.07, 6.45) is 1.09. The molecule has 0 saturated carbocycles. The van der Waals surface area contributed by atoms with Crippen molar-refractivity contribution >= 4 is 6.40 Å². The lowest BCUT2D eigenvalue weighted by Gasteiger charge is -1.91. The van der Waals surface area contributed by atoms with Crippen LogP contribution >= 0.6 is 0 Å². The second-order valence-electron chi connectivity index (χ2n) is 1.68. The van der Waals surface area contributed by atoms with Gasteiger partial charge in [0.1, 0.15) is 17.8 Å². The first kappa shape index (κ1) is 9.99. The van der Waals surface area contributed by atoms with Gasteiger partial charge in [-0.2, -0.15) is 10.5 Å². The van der Waals surface area contributed by atoms with Crippen molar-refractivity contribution in [2.45, 2.75) is 6.92 Å². The van der Waals surface area contributed by atoms with E-state index in [4.69, 9.17) is 21.0 Å². The Labute approximate surface area is 70.4 Å². The van der Waals surface area contributed by atoms with Crippen LogP contribution in [0.1, 0.15) is 6.92 Å². The molecule has 0 aliphatic carbocycles. The lowest BCUT2D eigenvalue weighted by atomic mass is 10.4. The summed E-state index contributed by atoms with van der Waals surface area (Å²) in [6, 6.07) is 3.27. The summed E-state index contributed by atoms with van der Waals surface area (Å²) in [5, 5.41) is 16.7. The van der Waals surface area contributed by atoms with Crippen LogP contribution < -0.4 is 5.73 Å². The van der Waals surface area contributed by atoms with Crippen molar-refractivity contribution in [2.24, 2.45) is 10.7 Å². The zero-order chi connectivity index (χ0) is 9.40. The maximum absolute atomic E-state index is 8.42. The van der Waals surface area contributed by atoms with E-state index in [0.717, 1.165) is 6.40 Å². The van der Waals surface area contributed by atoms with Crippen molar-refractivity contribution in [1.29, 1.82) is 10.5 Å². The van der Waals surface area contributed by atoms with Gasteiger partial charge >= 0.3 is 0 Å². The Kier molecular flexibility index (Phi) is 4.79. The van der Waals surface area contributed by atoms with Crippen LogP contribution in [0.3, 0.4) is 0 Å². The lowest BCUT2D eigenvalue weighted by Crippen LogP contribution is -1.98. The Morgan fingerprint density at radius 1 is 1.58 bits per heavy atom. The number of ether oxygens (including phenoxy) is 1. The van der Waals surface area contributed by atoms with Crippen LogP contribution in [0.2, 0.25) is 0 Å². The molecule has 0 saturated heterocycles. The fourth-order valence-corrected chi connectivity index (χ4v) is 0.376. The highest BCUT2D eigenvalue weighted by molar-refractivity contribution is 5.52. The highest BCUT2D eigenvalue weighted by Crippen LogP contribution is 1.96. The largest absolute Gasteiger partial charge is 0.483 e. The summed E-state index contributed by atoms with van der Waals surface area (Å²) in [4.78, 5) is 3.53. The van der Waals surface area contributed by atoms with Gasteiger partial charge in [-0.3, -0.25) is 0 Å². The van der Waals surface area contributed by atoms with Gasteiger partial charge in [-0.25, -0.2) is 4.99 Å². The molecule has 0 amide bonds. The number of nitrogens with zero attached hydrogens (tertiary/aromatic N) is 3. The summed E-state index contributed by atoms with van der Waals surface area (Å²) in [7, 11) is 0. The van der Waals surface area contributed by atoms with E-state index < -0.39 is 0 Å². The Bertz CT molecular complexity index is 279. The molecule has 0 spiro atoms. The van der Waals surface area contributed by atoms with E-state index in [0.29, 0.717) is 6.61 Å². The fraction of sp³-hybridized carbons (Fsp3) is 0.286. The fourth-order valence-electron chi connectivity index (χ4n) is 0.376. The van der Waals surface area contributed by atoms with Gasteiger partial charge in [0, 0.05) is 0 Å². The molecule has 0 radical (unpaired) electrons. The van der Waals surface area contributed by atoms with Gasteiger partial charge in [-0.15, -0.1) is 0 Å². The Morgan fingerprint density at radius 2 is 2.25 bits per heavy atom. The maximum atomic E-state index is 8.42. The zero-order valence-electron chi connectivity index (χ0n) is 6.61. The van der Waals surface area contributed by atoms with Crippen LogP contribution in [-0.4, -0.2) is 13.0 Å². The van der Waals surface area contributed by atoms with Crippen molar-refractivity contribution in [3.05, 3.63) is 11.4 Å². The number of nitrogens with two attached hydrogens (primary N) is 1. The lowest BCUT2D eigenvalue weighted by molar-refractivity contribution is 0.343. The highest BCUT2D eigenvalue weighted by Gasteiger charge is 1.97. The molecule has 0 fully saturated rings. The van der Waals surface area contributed by atoms with E-state index in [1.807, 2.05) is 0 Å². The summed E-state index contributed by atoms with van der Waals surface area (Å²) in [5.74, 6) is 0. The highest BCUT2D eigenvalue weighted by atomic mass is 16.5. The van der Waals surface area contributed by atoms with Crippen LogP contribution in [0.5, 0.6) is 0 Å². The minimum atomic E-state index is -0.214. The molecular weight excluding hydrogens is 156 g/mol. The number of rotatable bonds is 3. The molecule has 0 bridgehead atoms. The molecule has 0 aromatic rings. The standard InChI is InChI=1S/C7H8N4O/c1-2-12-5-11-7(4-9)6(10)3-8/h5H,2,10H2,1H3/b7-6-,11-5-. The molecule has 0 aromatic heterocycles. The zero-order valence-corrected chi connectivity index (χ0v) is 6.61. The van der Waals surface area contributed by atoms with E-state index in [9.17, 15) is 0 Å². The predicted molar refractivity (Wildman–Crippen MR) is 42.6 cm³/mol. The first-order valence-corrected chi connectivity index (χ1v) is 3.20. The monoisotopic (exact) mass is 164 g/mol. The normalized spacial score (nSPS) is 11.6. The molecule has 0 rings (SSSR count). The summed E-state index contributed by atoms with van der Waals surface area (Å²) in [6.45, 7) is 2.23. The number of allylic oxidation sites excluding steroid dienone is 2. The number of aliphatic imine (C=N–C) groups is 1. The first-order valence-electron chi connectivity index (χ1n) is 3.20. The van der Waals surface area contributed by atoms with Gasteiger partial charge in [0.25, 0.3) is 0 Å². The third-order valence-corrected chi connectivity index (χ3v) is 0.904. The van der Waals surface area contributed by atoms with Gasteiger partial charge in [0.2, 0.25) is 0 Å². The van der Waals surface area contributed by atoms with E-state index >= 15 is 0 Å². The van der Waals surface area contributed by atoms with E-state index in [1.54, 1.807) is 19.1 Å². The topological polar surface area (TPSA) is 95.2 Å². The van der Waals surface area contributed by atoms with Gasteiger partial charge in [-0.05, 0) is 6.92 Å². The molecular formula is C7H8N4O. The van der Waals surface area contributed by atoms with Crippen molar-refractivity contribution in [3.63, 3.8) is 0 Å². The molecule has 0 aliphatic rings. The molecule has 0 unspecified atom stereocenters. The molecule has 0 atom stereocenters. The third-order valence-electron chi connectivity index (χ3n) is 0.904. The quantitative estimate of drug-likeness (QED) is 0.368. The molecule has 12 heavy (non-hydrogen) atoms. The summed E-state index contributed by atoms with van der Waals surface area (Å²) in [5.41, 5.74) is 4.79. The Morgan fingerprint density at radius 3 is 2.67 bits per heavy atom. The SMILES string of the molecule is CCO/C=N\C(C#N)=C(/N)C#N. The van der Waals surface area contributed by atoms with Crippen molar-refractivity contribution in [2.75, 3.05) is 6.61 Å². The molecule has 62 valence electrons. The average Bonchev–Trinajstić information content (AvgIpc) is 2.11. The average molecular weight is 164 g/mol. The summed E-state index contributed by atoms with van der Waals surface area (Å²) >= 11 is 0. The van der Waals surface area contributed by atoms with Crippen LogP contribution in [-0.2, 0) is 4.74 Å². The van der Waals surface area contributed by atoms with Crippen LogP contribution in [0, 0.1) is 22.7 Å².